The molecule has 0 aromatic rings. The number of nitrogens with zero attached hydrogens (tertiary/aromatic N) is 1. The highest BCUT2D eigenvalue weighted by Gasteiger charge is 2.31. The number of hydrogen-bond donors (Lipinski definition) is 0. The van der Waals surface area contributed by atoms with E-state index >= 15 is 0 Å². The van der Waals surface area contributed by atoms with Gasteiger partial charge in [-0.15, -0.1) is 0 Å². The van der Waals surface area contributed by atoms with E-state index in [2.05, 4.69) is 13.8 Å². The summed E-state index contributed by atoms with van der Waals surface area (Å²) in [7, 11) is 0. The quantitative estimate of drug-likeness (QED) is 0.656. The fraction of sp³-hybridized carbons (Fsp3) is 0.909. The van der Waals surface area contributed by atoms with Crippen LogP contribution in [0.3, 0.4) is 0 Å². The van der Waals surface area contributed by atoms with E-state index in [0.717, 1.165) is 24.9 Å². The maximum absolute atomic E-state index is 11.5. The Hall–Kier alpha value is -0.530. The van der Waals surface area contributed by atoms with Crippen LogP contribution in [0.5, 0.6) is 0 Å². The Kier molecular flexibility index (Phi) is 3.34. The summed E-state index contributed by atoms with van der Waals surface area (Å²) in [6.45, 7) is 10.4. The minimum atomic E-state index is 0.167. The second-order valence-electron chi connectivity index (χ2n) is 4.89. The highest BCUT2D eigenvalue weighted by atomic mass is 16.2. The Bertz CT molecular complexity index is 181. The molecule has 1 fully saturated rings. The van der Waals surface area contributed by atoms with Gasteiger partial charge in [0.2, 0.25) is 5.91 Å². The molecule has 0 atom stereocenters. The molecule has 0 N–H and O–H groups in total. The minimum absolute atomic E-state index is 0.167. The molecule has 1 aliphatic heterocycles. The maximum Gasteiger partial charge on any atom is 0.225 e. The average Bonchev–Trinajstić information content (AvgIpc) is 1.94. The van der Waals surface area contributed by atoms with Crippen molar-refractivity contribution in [2.24, 2.45) is 17.8 Å². The zero-order chi connectivity index (χ0) is 10.0. The van der Waals surface area contributed by atoms with E-state index < -0.39 is 0 Å². The molecule has 2 heteroatoms. The van der Waals surface area contributed by atoms with E-state index in [-0.39, 0.29) is 5.92 Å². The lowest BCUT2D eigenvalue weighted by Gasteiger charge is -2.41. The van der Waals surface area contributed by atoms with Gasteiger partial charge >= 0.3 is 0 Å². The molecule has 0 spiro atoms. The molecule has 0 radical (unpaired) electrons. The van der Waals surface area contributed by atoms with E-state index in [0.29, 0.717) is 5.91 Å². The van der Waals surface area contributed by atoms with Gasteiger partial charge in [-0.25, -0.2) is 0 Å². The molecule has 0 saturated carbocycles. The Morgan fingerprint density at radius 3 is 2.23 bits per heavy atom. The van der Waals surface area contributed by atoms with Crippen molar-refractivity contribution in [2.45, 2.75) is 34.1 Å². The summed E-state index contributed by atoms with van der Waals surface area (Å²) in [4.78, 5) is 13.5. The van der Waals surface area contributed by atoms with Gasteiger partial charge in [-0.05, 0) is 18.3 Å². The van der Waals surface area contributed by atoms with Crippen molar-refractivity contribution in [3.05, 3.63) is 0 Å². The van der Waals surface area contributed by atoms with Crippen LogP contribution < -0.4 is 0 Å². The zero-order valence-electron chi connectivity index (χ0n) is 9.21. The van der Waals surface area contributed by atoms with E-state index in [1.807, 2.05) is 18.7 Å². The summed E-state index contributed by atoms with van der Waals surface area (Å²) in [5.41, 5.74) is 0. The lowest BCUT2D eigenvalue weighted by molar-refractivity contribution is -0.141. The Morgan fingerprint density at radius 2 is 1.85 bits per heavy atom. The van der Waals surface area contributed by atoms with Crippen LogP contribution in [0.1, 0.15) is 34.1 Å². The van der Waals surface area contributed by atoms with E-state index in [4.69, 9.17) is 0 Å². The second-order valence-corrected chi connectivity index (χ2v) is 4.89. The highest BCUT2D eigenvalue weighted by Crippen LogP contribution is 2.24. The van der Waals surface area contributed by atoms with Crippen molar-refractivity contribution >= 4 is 5.91 Å². The summed E-state index contributed by atoms with van der Waals surface area (Å²) in [5.74, 6) is 2.02. The van der Waals surface area contributed by atoms with Gasteiger partial charge in [0.15, 0.2) is 0 Å². The number of carbonyl (C=O) groups excluding carboxylic acids is 1. The van der Waals surface area contributed by atoms with Crippen LogP contribution >= 0.6 is 0 Å². The fourth-order valence-electron chi connectivity index (χ4n) is 1.93. The van der Waals surface area contributed by atoms with Crippen LogP contribution in [0.25, 0.3) is 0 Å². The molecule has 0 unspecified atom stereocenters. The first kappa shape index (κ1) is 10.6. The van der Waals surface area contributed by atoms with Gasteiger partial charge in [-0.2, -0.15) is 0 Å². The Labute approximate surface area is 81.3 Å². The summed E-state index contributed by atoms with van der Waals surface area (Å²) < 4.78 is 0. The van der Waals surface area contributed by atoms with Gasteiger partial charge in [-0.1, -0.05) is 27.7 Å². The standard InChI is InChI=1S/C11H21NO/c1-8(2)5-10-6-12(7-10)11(13)9(3)4/h8-10H,5-7H2,1-4H3. The van der Waals surface area contributed by atoms with Crippen molar-refractivity contribution in [3.8, 4) is 0 Å². The van der Waals surface area contributed by atoms with E-state index in [9.17, 15) is 4.79 Å². The molecular weight excluding hydrogens is 162 g/mol. The van der Waals surface area contributed by atoms with Crippen molar-refractivity contribution in [2.75, 3.05) is 13.1 Å². The smallest absolute Gasteiger partial charge is 0.225 e. The predicted molar refractivity (Wildman–Crippen MR) is 54.4 cm³/mol. The number of hydrogen-bond acceptors (Lipinski definition) is 1. The van der Waals surface area contributed by atoms with Gasteiger partial charge in [0.25, 0.3) is 0 Å². The lowest BCUT2D eigenvalue weighted by Crippen LogP contribution is -2.51. The van der Waals surface area contributed by atoms with Gasteiger partial charge in [0.1, 0.15) is 0 Å². The summed E-state index contributed by atoms with van der Waals surface area (Å²) >= 11 is 0. The minimum Gasteiger partial charge on any atom is -0.342 e. The topological polar surface area (TPSA) is 20.3 Å². The third-order valence-electron chi connectivity index (χ3n) is 2.57. The molecular formula is C11H21NO. The van der Waals surface area contributed by atoms with Gasteiger partial charge in [0.05, 0.1) is 0 Å². The van der Waals surface area contributed by atoms with Gasteiger partial charge in [-0.3, -0.25) is 4.79 Å². The van der Waals surface area contributed by atoms with Crippen LogP contribution in [0.4, 0.5) is 0 Å². The second kappa shape index (κ2) is 4.12. The molecule has 0 bridgehead atoms. The zero-order valence-corrected chi connectivity index (χ0v) is 9.21. The van der Waals surface area contributed by atoms with Gasteiger partial charge < -0.3 is 4.90 Å². The molecule has 1 aliphatic rings. The third-order valence-corrected chi connectivity index (χ3v) is 2.57. The van der Waals surface area contributed by atoms with Crippen molar-refractivity contribution in [1.82, 2.24) is 4.90 Å². The number of likely N-dealkylation sites (tertiary alicyclic amines) is 1. The molecule has 1 saturated heterocycles. The van der Waals surface area contributed by atoms with Gasteiger partial charge in [0, 0.05) is 19.0 Å². The summed E-state index contributed by atoms with van der Waals surface area (Å²) in [5, 5.41) is 0. The predicted octanol–water partition coefficient (Wildman–Crippen LogP) is 2.15. The molecule has 1 rings (SSSR count). The Morgan fingerprint density at radius 1 is 1.31 bits per heavy atom. The Balaban J connectivity index is 2.22. The first-order valence-corrected chi connectivity index (χ1v) is 5.29. The van der Waals surface area contributed by atoms with Crippen molar-refractivity contribution < 1.29 is 4.79 Å². The number of rotatable bonds is 3. The molecule has 13 heavy (non-hydrogen) atoms. The molecule has 2 nitrogen and oxygen atoms in total. The van der Waals surface area contributed by atoms with Crippen LogP contribution in [-0.4, -0.2) is 23.9 Å². The van der Waals surface area contributed by atoms with Crippen LogP contribution in [0.2, 0.25) is 0 Å². The normalized spacial score (nSPS) is 18.2. The van der Waals surface area contributed by atoms with E-state index in [1.54, 1.807) is 0 Å². The average molecular weight is 183 g/mol. The number of carbonyl (C=O) groups is 1. The summed E-state index contributed by atoms with van der Waals surface area (Å²) in [6.07, 6.45) is 1.27. The summed E-state index contributed by atoms with van der Waals surface area (Å²) in [6, 6.07) is 0. The largest absolute Gasteiger partial charge is 0.342 e. The molecule has 76 valence electrons. The lowest BCUT2D eigenvalue weighted by atomic mass is 9.89. The SMILES string of the molecule is CC(C)CC1CN(C(=O)C(C)C)C1. The highest BCUT2D eigenvalue weighted by molar-refractivity contribution is 5.78. The molecule has 1 heterocycles. The molecule has 0 aromatic carbocycles. The van der Waals surface area contributed by atoms with Crippen LogP contribution in [0.15, 0.2) is 0 Å². The first-order chi connectivity index (χ1) is 6.00. The van der Waals surface area contributed by atoms with Crippen molar-refractivity contribution in [1.29, 1.82) is 0 Å². The maximum atomic E-state index is 11.5. The fourth-order valence-corrected chi connectivity index (χ4v) is 1.93. The van der Waals surface area contributed by atoms with E-state index in [1.165, 1.54) is 6.42 Å². The number of amides is 1. The van der Waals surface area contributed by atoms with Crippen LogP contribution in [0, 0.1) is 17.8 Å². The first-order valence-electron chi connectivity index (χ1n) is 5.29. The monoisotopic (exact) mass is 183 g/mol. The molecule has 0 aliphatic carbocycles. The van der Waals surface area contributed by atoms with Crippen LogP contribution in [-0.2, 0) is 4.79 Å². The molecule has 1 amide bonds. The third kappa shape index (κ3) is 2.71. The molecule has 0 aromatic heterocycles. The van der Waals surface area contributed by atoms with Crippen molar-refractivity contribution in [3.63, 3.8) is 0 Å².